The van der Waals surface area contributed by atoms with Crippen LogP contribution in [-0.4, -0.2) is 20.9 Å². The monoisotopic (exact) mass is 429 g/mol. The first kappa shape index (κ1) is 19.6. The van der Waals surface area contributed by atoms with Gasteiger partial charge in [-0.1, -0.05) is 24.3 Å². The third-order valence-corrected chi connectivity index (χ3v) is 5.62. The largest absolute Gasteiger partial charge is 0.460 e. The van der Waals surface area contributed by atoms with E-state index >= 15 is 0 Å². The van der Waals surface area contributed by atoms with Crippen molar-refractivity contribution in [2.75, 3.05) is 6.54 Å². The van der Waals surface area contributed by atoms with Gasteiger partial charge in [-0.05, 0) is 53.0 Å². The zero-order chi connectivity index (χ0) is 18.6. The fraction of sp³-hybridized carbons (Fsp3) is 0.235. The highest BCUT2D eigenvalue weighted by atomic mass is 79.9. The molecule has 0 heterocycles. The number of carbonyl (C=O) groups excluding carboxylic acids is 1. The maximum absolute atomic E-state index is 13.8. The zero-order valence-electron chi connectivity index (χ0n) is 13.7. The van der Waals surface area contributed by atoms with Crippen molar-refractivity contribution in [3.63, 3.8) is 0 Å². The Kier molecular flexibility index (Phi) is 6.31. The lowest BCUT2D eigenvalue weighted by molar-refractivity contribution is -0.143. The van der Waals surface area contributed by atoms with Crippen LogP contribution in [0.4, 0.5) is 4.39 Å². The van der Waals surface area contributed by atoms with Crippen LogP contribution >= 0.6 is 15.9 Å². The summed E-state index contributed by atoms with van der Waals surface area (Å²) in [6.07, 6.45) is 0. The van der Waals surface area contributed by atoms with E-state index in [2.05, 4.69) is 20.7 Å². The van der Waals surface area contributed by atoms with Crippen molar-refractivity contribution in [3.05, 3.63) is 63.4 Å². The van der Waals surface area contributed by atoms with Crippen LogP contribution in [0.15, 0.2) is 45.8 Å². The van der Waals surface area contributed by atoms with E-state index in [9.17, 15) is 17.6 Å². The van der Waals surface area contributed by atoms with Crippen molar-refractivity contribution in [1.29, 1.82) is 0 Å². The Morgan fingerprint density at radius 2 is 1.96 bits per heavy atom. The van der Waals surface area contributed by atoms with Gasteiger partial charge in [0, 0.05) is 5.56 Å². The highest BCUT2D eigenvalue weighted by Crippen LogP contribution is 2.19. The van der Waals surface area contributed by atoms with Crippen LogP contribution < -0.4 is 4.72 Å². The lowest BCUT2D eigenvalue weighted by atomic mass is 10.2. The normalized spacial score (nSPS) is 11.4. The van der Waals surface area contributed by atoms with E-state index in [1.54, 1.807) is 32.0 Å². The lowest BCUT2D eigenvalue weighted by Crippen LogP contribution is -2.31. The highest BCUT2D eigenvalue weighted by Gasteiger charge is 2.19. The predicted molar refractivity (Wildman–Crippen MR) is 95.0 cm³/mol. The predicted octanol–water partition coefficient (Wildman–Crippen LogP) is 3.23. The molecule has 0 fully saturated rings. The summed E-state index contributed by atoms with van der Waals surface area (Å²) in [5, 5.41) is 0. The second-order valence-electron chi connectivity index (χ2n) is 5.47. The van der Waals surface area contributed by atoms with Gasteiger partial charge >= 0.3 is 5.97 Å². The molecule has 0 aliphatic carbocycles. The summed E-state index contributed by atoms with van der Waals surface area (Å²) in [7, 11) is -3.84. The molecule has 0 atom stereocenters. The number of hydrogen-bond acceptors (Lipinski definition) is 4. The standard InChI is InChI=1S/C17H17BrFNO4S/c1-11-6-7-12(2)15(8-11)25(22,23)20-9-16(21)24-10-13-4-3-5-14(18)17(13)19/h3-8,20H,9-10H2,1-2H3. The number of nitrogens with one attached hydrogen (secondary N) is 1. The molecule has 2 aromatic rings. The van der Waals surface area contributed by atoms with Gasteiger partial charge in [0.1, 0.15) is 19.0 Å². The van der Waals surface area contributed by atoms with E-state index in [0.29, 0.717) is 5.56 Å². The van der Waals surface area contributed by atoms with Gasteiger partial charge in [0.25, 0.3) is 0 Å². The fourth-order valence-corrected chi connectivity index (χ4v) is 3.80. The quantitative estimate of drug-likeness (QED) is 0.715. The summed E-state index contributed by atoms with van der Waals surface area (Å²) in [6, 6.07) is 9.64. The third-order valence-electron chi connectivity index (χ3n) is 3.46. The first-order valence-electron chi connectivity index (χ1n) is 7.36. The number of hydrogen-bond donors (Lipinski definition) is 1. The Morgan fingerprint density at radius 1 is 1.24 bits per heavy atom. The lowest BCUT2D eigenvalue weighted by Gasteiger charge is -2.10. The molecule has 134 valence electrons. The first-order chi connectivity index (χ1) is 11.7. The van der Waals surface area contributed by atoms with Crippen molar-refractivity contribution in [2.24, 2.45) is 0 Å². The van der Waals surface area contributed by atoms with Crippen LogP contribution in [0, 0.1) is 19.7 Å². The number of esters is 1. The molecule has 8 heteroatoms. The van der Waals surface area contributed by atoms with Gasteiger partial charge in [-0.15, -0.1) is 0 Å². The maximum atomic E-state index is 13.8. The topological polar surface area (TPSA) is 72.5 Å². The van der Waals surface area contributed by atoms with Gasteiger partial charge in [-0.25, -0.2) is 12.8 Å². The molecule has 0 aliphatic rings. The summed E-state index contributed by atoms with van der Waals surface area (Å²) in [6.45, 7) is 2.63. The van der Waals surface area contributed by atoms with Crippen molar-refractivity contribution in [1.82, 2.24) is 4.72 Å². The highest BCUT2D eigenvalue weighted by molar-refractivity contribution is 9.10. The van der Waals surface area contributed by atoms with E-state index in [4.69, 9.17) is 4.74 Å². The van der Waals surface area contributed by atoms with Gasteiger partial charge in [-0.3, -0.25) is 4.79 Å². The number of sulfonamides is 1. The minimum atomic E-state index is -3.84. The van der Waals surface area contributed by atoms with E-state index in [-0.39, 0.29) is 21.5 Å². The first-order valence-corrected chi connectivity index (χ1v) is 9.64. The maximum Gasteiger partial charge on any atom is 0.321 e. The van der Waals surface area contributed by atoms with Crippen molar-refractivity contribution < 1.29 is 22.3 Å². The van der Waals surface area contributed by atoms with Crippen molar-refractivity contribution >= 4 is 31.9 Å². The molecule has 0 radical (unpaired) electrons. The summed E-state index contributed by atoms with van der Waals surface area (Å²) < 4.78 is 45.8. The zero-order valence-corrected chi connectivity index (χ0v) is 16.1. The second kappa shape index (κ2) is 8.07. The molecule has 0 amide bonds. The van der Waals surface area contributed by atoms with Crippen LogP contribution in [0.2, 0.25) is 0 Å². The van der Waals surface area contributed by atoms with E-state index in [1.807, 2.05) is 0 Å². The number of rotatable bonds is 6. The second-order valence-corrected chi connectivity index (χ2v) is 8.06. The third kappa shape index (κ3) is 5.10. The molecule has 5 nitrogen and oxygen atoms in total. The van der Waals surface area contributed by atoms with Gasteiger partial charge in [0.05, 0.1) is 9.37 Å². The molecule has 0 unspecified atom stereocenters. The molecular formula is C17H17BrFNO4S. The SMILES string of the molecule is Cc1ccc(C)c(S(=O)(=O)NCC(=O)OCc2cccc(Br)c2F)c1. The van der Waals surface area contributed by atoms with Gasteiger partial charge in [-0.2, -0.15) is 4.72 Å². The van der Waals surface area contributed by atoms with Crippen molar-refractivity contribution in [3.8, 4) is 0 Å². The smallest absolute Gasteiger partial charge is 0.321 e. The number of halogens is 2. The molecular weight excluding hydrogens is 413 g/mol. The summed E-state index contributed by atoms with van der Waals surface area (Å²) >= 11 is 3.04. The Balaban J connectivity index is 1.97. The molecule has 0 spiro atoms. The average Bonchev–Trinajstić information content (AvgIpc) is 2.56. The Morgan fingerprint density at radius 3 is 2.68 bits per heavy atom. The van der Waals surface area contributed by atoms with Gasteiger partial charge < -0.3 is 4.74 Å². The van der Waals surface area contributed by atoms with Crippen LogP contribution in [0.3, 0.4) is 0 Å². The molecule has 1 N–H and O–H groups in total. The molecule has 0 aliphatic heterocycles. The number of aryl methyl sites for hydroxylation is 2. The number of benzene rings is 2. The number of carbonyl (C=O) groups is 1. The molecule has 0 bridgehead atoms. The Bertz CT molecular complexity index is 900. The Labute approximate surface area is 154 Å². The van der Waals surface area contributed by atoms with Crippen molar-refractivity contribution in [2.45, 2.75) is 25.3 Å². The molecule has 0 saturated carbocycles. The van der Waals surface area contributed by atoms with E-state index in [1.165, 1.54) is 18.2 Å². The van der Waals surface area contributed by atoms with Crippen LogP contribution in [0.1, 0.15) is 16.7 Å². The molecule has 2 aromatic carbocycles. The van der Waals surface area contributed by atoms with Crippen LogP contribution in [-0.2, 0) is 26.2 Å². The van der Waals surface area contributed by atoms with E-state index in [0.717, 1.165) is 5.56 Å². The van der Waals surface area contributed by atoms with Crippen LogP contribution in [0.25, 0.3) is 0 Å². The van der Waals surface area contributed by atoms with Gasteiger partial charge in [0.15, 0.2) is 0 Å². The molecule has 0 saturated heterocycles. The summed E-state index contributed by atoms with van der Waals surface area (Å²) in [5.41, 5.74) is 1.56. The minimum absolute atomic E-state index is 0.110. The molecule has 0 aromatic heterocycles. The average molecular weight is 430 g/mol. The fourth-order valence-electron chi connectivity index (χ4n) is 2.10. The minimum Gasteiger partial charge on any atom is -0.460 e. The molecule has 2 rings (SSSR count). The number of ether oxygens (including phenoxy) is 1. The molecule has 25 heavy (non-hydrogen) atoms. The van der Waals surface area contributed by atoms with Crippen LogP contribution in [0.5, 0.6) is 0 Å². The van der Waals surface area contributed by atoms with Gasteiger partial charge in [0.2, 0.25) is 10.0 Å². The summed E-state index contributed by atoms with van der Waals surface area (Å²) in [4.78, 5) is 11.9. The van der Waals surface area contributed by atoms with E-state index < -0.39 is 28.4 Å². The Hall–Kier alpha value is -1.77. The summed E-state index contributed by atoms with van der Waals surface area (Å²) in [5.74, 6) is -1.32.